The number of aryl methyl sites for hydroxylation is 1. The van der Waals surface area contributed by atoms with E-state index in [1.807, 2.05) is 47.1 Å². The summed E-state index contributed by atoms with van der Waals surface area (Å²) in [5.41, 5.74) is 3.92. The van der Waals surface area contributed by atoms with Crippen molar-refractivity contribution in [1.82, 2.24) is 9.78 Å². The first-order valence-corrected chi connectivity index (χ1v) is 7.32. The minimum Gasteiger partial charge on any atom is -0.508 e. The van der Waals surface area contributed by atoms with Gasteiger partial charge in [0.15, 0.2) is 0 Å². The van der Waals surface area contributed by atoms with E-state index in [0.717, 1.165) is 29.1 Å². The standard InChI is InChI=1S/C18H18N2O2/c21-12-4-7-15-13-18(14-5-2-1-3-6-14)20(19-15)16-8-10-17(22)11-9-16/h1-3,5-6,8-11,13,21-22H,4,7,12H2. The van der Waals surface area contributed by atoms with E-state index < -0.39 is 0 Å². The summed E-state index contributed by atoms with van der Waals surface area (Å²) in [6.07, 6.45) is 1.43. The first-order valence-electron chi connectivity index (χ1n) is 7.32. The third-order valence-electron chi connectivity index (χ3n) is 3.51. The minimum atomic E-state index is 0.159. The molecule has 0 bridgehead atoms. The van der Waals surface area contributed by atoms with Crippen molar-refractivity contribution in [2.45, 2.75) is 12.8 Å². The highest BCUT2D eigenvalue weighted by Crippen LogP contribution is 2.25. The molecule has 1 heterocycles. The molecule has 22 heavy (non-hydrogen) atoms. The van der Waals surface area contributed by atoms with E-state index in [1.54, 1.807) is 12.1 Å². The fourth-order valence-electron chi connectivity index (χ4n) is 2.42. The van der Waals surface area contributed by atoms with Crippen molar-refractivity contribution in [2.75, 3.05) is 6.61 Å². The molecule has 2 aromatic carbocycles. The third kappa shape index (κ3) is 3.02. The van der Waals surface area contributed by atoms with Crippen molar-refractivity contribution in [3.05, 3.63) is 66.4 Å². The van der Waals surface area contributed by atoms with Gasteiger partial charge in [0.25, 0.3) is 0 Å². The van der Waals surface area contributed by atoms with E-state index in [1.165, 1.54) is 0 Å². The maximum atomic E-state index is 9.45. The molecular formula is C18H18N2O2. The molecule has 0 aliphatic heterocycles. The van der Waals surface area contributed by atoms with Crippen molar-refractivity contribution in [3.8, 4) is 22.7 Å². The zero-order valence-corrected chi connectivity index (χ0v) is 12.2. The molecule has 0 saturated carbocycles. The summed E-state index contributed by atoms with van der Waals surface area (Å²) in [7, 11) is 0. The van der Waals surface area contributed by atoms with Gasteiger partial charge in [0.2, 0.25) is 0 Å². The lowest BCUT2D eigenvalue weighted by Crippen LogP contribution is -1.99. The van der Waals surface area contributed by atoms with Crippen molar-refractivity contribution in [3.63, 3.8) is 0 Å². The molecule has 3 rings (SSSR count). The van der Waals surface area contributed by atoms with E-state index in [0.29, 0.717) is 6.42 Å². The SMILES string of the molecule is OCCCc1cc(-c2ccccc2)n(-c2ccc(O)cc2)n1. The minimum absolute atomic E-state index is 0.159. The van der Waals surface area contributed by atoms with Crippen LogP contribution in [0.2, 0.25) is 0 Å². The molecule has 0 saturated heterocycles. The molecule has 0 unspecified atom stereocenters. The summed E-state index contributed by atoms with van der Waals surface area (Å²) in [6, 6.07) is 19.1. The summed E-state index contributed by atoms with van der Waals surface area (Å²) in [4.78, 5) is 0. The number of aromatic hydroxyl groups is 1. The Morgan fingerprint density at radius 2 is 1.68 bits per heavy atom. The Hall–Kier alpha value is -2.59. The zero-order chi connectivity index (χ0) is 15.4. The summed E-state index contributed by atoms with van der Waals surface area (Å²) >= 11 is 0. The smallest absolute Gasteiger partial charge is 0.115 e. The van der Waals surface area contributed by atoms with Crippen LogP contribution in [0.4, 0.5) is 0 Å². The molecule has 0 aliphatic carbocycles. The molecule has 0 fully saturated rings. The fraction of sp³-hybridized carbons (Fsp3) is 0.167. The van der Waals surface area contributed by atoms with Crippen LogP contribution in [0.15, 0.2) is 60.7 Å². The zero-order valence-electron chi connectivity index (χ0n) is 12.2. The van der Waals surface area contributed by atoms with E-state index >= 15 is 0 Å². The summed E-state index contributed by atoms with van der Waals surface area (Å²) in [6.45, 7) is 0.159. The van der Waals surface area contributed by atoms with Crippen LogP contribution in [0.3, 0.4) is 0 Å². The van der Waals surface area contributed by atoms with Gasteiger partial charge in [0, 0.05) is 12.2 Å². The maximum absolute atomic E-state index is 9.45. The van der Waals surface area contributed by atoms with Crippen molar-refractivity contribution >= 4 is 0 Å². The average molecular weight is 294 g/mol. The van der Waals surface area contributed by atoms with Crippen LogP contribution in [0.1, 0.15) is 12.1 Å². The van der Waals surface area contributed by atoms with E-state index in [4.69, 9.17) is 5.11 Å². The quantitative estimate of drug-likeness (QED) is 0.760. The predicted molar refractivity (Wildman–Crippen MR) is 86.1 cm³/mol. The highest BCUT2D eigenvalue weighted by atomic mass is 16.3. The van der Waals surface area contributed by atoms with Gasteiger partial charge in [-0.2, -0.15) is 5.10 Å². The fourth-order valence-corrected chi connectivity index (χ4v) is 2.42. The van der Waals surface area contributed by atoms with Gasteiger partial charge >= 0.3 is 0 Å². The van der Waals surface area contributed by atoms with Gasteiger partial charge in [0.05, 0.1) is 17.1 Å². The van der Waals surface area contributed by atoms with Crippen LogP contribution in [0.5, 0.6) is 5.75 Å². The highest BCUT2D eigenvalue weighted by Gasteiger charge is 2.11. The van der Waals surface area contributed by atoms with Crippen LogP contribution in [0.25, 0.3) is 16.9 Å². The molecular weight excluding hydrogens is 276 g/mol. The molecule has 0 amide bonds. The number of benzene rings is 2. The Kier molecular flexibility index (Phi) is 4.21. The second-order valence-corrected chi connectivity index (χ2v) is 5.14. The second-order valence-electron chi connectivity index (χ2n) is 5.14. The molecule has 0 radical (unpaired) electrons. The molecule has 3 aromatic rings. The predicted octanol–water partition coefficient (Wildman–Crippen LogP) is 3.17. The van der Waals surface area contributed by atoms with Crippen LogP contribution in [0, 0.1) is 0 Å². The molecule has 0 aliphatic rings. The molecule has 1 aromatic heterocycles. The number of aromatic nitrogens is 2. The second kappa shape index (κ2) is 6.45. The van der Waals surface area contributed by atoms with E-state index in [2.05, 4.69) is 11.2 Å². The number of phenols is 1. The van der Waals surface area contributed by atoms with Crippen LogP contribution >= 0.6 is 0 Å². The summed E-state index contributed by atoms with van der Waals surface area (Å²) in [5.74, 6) is 0.234. The summed E-state index contributed by atoms with van der Waals surface area (Å²) in [5, 5.41) is 23.1. The van der Waals surface area contributed by atoms with Crippen LogP contribution in [-0.2, 0) is 6.42 Å². The average Bonchev–Trinajstić information content (AvgIpc) is 2.98. The number of hydrogen-bond acceptors (Lipinski definition) is 3. The van der Waals surface area contributed by atoms with Gasteiger partial charge in [-0.3, -0.25) is 0 Å². The van der Waals surface area contributed by atoms with Gasteiger partial charge in [-0.05, 0) is 43.2 Å². The molecule has 4 nitrogen and oxygen atoms in total. The monoisotopic (exact) mass is 294 g/mol. The largest absolute Gasteiger partial charge is 0.508 e. The van der Waals surface area contributed by atoms with Gasteiger partial charge < -0.3 is 10.2 Å². The van der Waals surface area contributed by atoms with Gasteiger partial charge in [-0.25, -0.2) is 4.68 Å². The van der Waals surface area contributed by atoms with E-state index in [-0.39, 0.29) is 12.4 Å². The van der Waals surface area contributed by atoms with Gasteiger partial charge in [-0.1, -0.05) is 30.3 Å². The van der Waals surface area contributed by atoms with Gasteiger partial charge in [0.1, 0.15) is 5.75 Å². The Bertz CT molecular complexity index is 734. The third-order valence-corrected chi connectivity index (χ3v) is 3.51. The number of hydrogen-bond donors (Lipinski definition) is 2. The van der Waals surface area contributed by atoms with E-state index in [9.17, 15) is 5.11 Å². The lowest BCUT2D eigenvalue weighted by molar-refractivity contribution is 0.288. The van der Waals surface area contributed by atoms with Crippen molar-refractivity contribution in [2.24, 2.45) is 0 Å². The Balaban J connectivity index is 2.06. The molecule has 2 N–H and O–H groups in total. The number of aliphatic hydroxyl groups is 1. The normalized spacial score (nSPS) is 10.8. The first kappa shape index (κ1) is 14.4. The van der Waals surface area contributed by atoms with Crippen LogP contribution in [-0.4, -0.2) is 26.6 Å². The topological polar surface area (TPSA) is 58.3 Å². The van der Waals surface area contributed by atoms with Crippen molar-refractivity contribution in [1.29, 1.82) is 0 Å². The number of phenolic OH excluding ortho intramolecular Hbond substituents is 1. The Morgan fingerprint density at radius 1 is 0.955 bits per heavy atom. The molecule has 0 atom stereocenters. The number of nitrogens with zero attached hydrogens (tertiary/aromatic N) is 2. The first-order chi connectivity index (χ1) is 10.8. The number of aliphatic hydroxyl groups excluding tert-OH is 1. The molecule has 112 valence electrons. The lowest BCUT2D eigenvalue weighted by Gasteiger charge is -2.07. The molecule has 0 spiro atoms. The highest BCUT2D eigenvalue weighted by molar-refractivity contribution is 5.62. The Morgan fingerprint density at radius 3 is 2.36 bits per heavy atom. The Labute approximate surface area is 129 Å². The lowest BCUT2D eigenvalue weighted by atomic mass is 10.1. The molecule has 4 heteroatoms. The maximum Gasteiger partial charge on any atom is 0.115 e. The number of rotatable bonds is 5. The van der Waals surface area contributed by atoms with Crippen LogP contribution < -0.4 is 0 Å². The summed E-state index contributed by atoms with van der Waals surface area (Å²) < 4.78 is 1.88. The van der Waals surface area contributed by atoms with Gasteiger partial charge in [-0.15, -0.1) is 0 Å². The van der Waals surface area contributed by atoms with Crippen molar-refractivity contribution < 1.29 is 10.2 Å².